The number of benzene rings is 1. The van der Waals surface area contributed by atoms with E-state index in [4.69, 9.17) is 0 Å². The van der Waals surface area contributed by atoms with Crippen LogP contribution in [0.4, 0.5) is 5.69 Å². The second-order valence-electron chi connectivity index (χ2n) is 8.29. The fourth-order valence-electron chi connectivity index (χ4n) is 4.68. The quantitative estimate of drug-likeness (QED) is 0.936. The Bertz CT molecular complexity index is 841. The fraction of sp³-hybridized carbons (Fsp3) is 0.600. The van der Waals surface area contributed by atoms with Crippen LogP contribution in [0.1, 0.15) is 43.6 Å². The van der Waals surface area contributed by atoms with Gasteiger partial charge in [-0.25, -0.2) is 0 Å². The summed E-state index contributed by atoms with van der Waals surface area (Å²) in [5.74, 6) is 0.631. The number of hydrogen-bond acceptors (Lipinski definition) is 3. The van der Waals surface area contributed by atoms with Crippen molar-refractivity contribution in [3.63, 3.8) is 0 Å². The first kappa shape index (κ1) is 15.2. The van der Waals surface area contributed by atoms with E-state index in [2.05, 4.69) is 27.4 Å². The highest BCUT2D eigenvalue weighted by atomic mass is 16.1. The van der Waals surface area contributed by atoms with E-state index in [1.807, 2.05) is 17.9 Å². The van der Waals surface area contributed by atoms with Gasteiger partial charge in [-0.1, -0.05) is 0 Å². The number of amides is 1. The average Bonchev–Trinajstić information content (AvgIpc) is 3.55. The highest BCUT2D eigenvalue weighted by Gasteiger charge is 2.46. The van der Waals surface area contributed by atoms with Gasteiger partial charge in [0.1, 0.15) is 0 Å². The molecule has 2 heterocycles. The minimum Gasteiger partial charge on any atom is -0.371 e. The number of piperidine rings is 1. The molecule has 1 aliphatic heterocycles. The second kappa shape index (κ2) is 5.23. The highest BCUT2D eigenvalue weighted by Crippen LogP contribution is 2.54. The molecular formula is C20H26N4O. The summed E-state index contributed by atoms with van der Waals surface area (Å²) >= 11 is 0. The summed E-state index contributed by atoms with van der Waals surface area (Å²) in [7, 11) is 3.74. The van der Waals surface area contributed by atoms with Crippen molar-refractivity contribution < 1.29 is 4.79 Å². The van der Waals surface area contributed by atoms with Crippen LogP contribution in [0.3, 0.4) is 0 Å². The Morgan fingerprint density at radius 2 is 2.00 bits per heavy atom. The van der Waals surface area contributed by atoms with Gasteiger partial charge in [-0.15, -0.1) is 0 Å². The molecule has 132 valence electrons. The smallest absolute Gasteiger partial charge is 0.223 e. The summed E-state index contributed by atoms with van der Waals surface area (Å²) in [5.41, 5.74) is 4.49. The average molecular weight is 338 g/mol. The normalized spacial score (nSPS) is 26.9. The van der Waals surface area contributed by atoms with Gasteiger partial charge in [-0.3, -0.25) is 9.48 Å². The Kier molecular flexibility index (Phi) is 3.19. The fourth-order valence-corrected chi connectivity index (χ4v) is 4.68. The molecule has 2 saturated carbocycles. The maximum Gasteiger partial charge on any atom is 0.223 e. The van der Waals surface area contributed by atoms with Crippen molar-refractivity contribution >= 4 is 22.5 Å². The summed E-state index contributed by atoms with van der Waals surface area (Å²) < 4.78 is 1.96. The number of hydrogen-bond donors (Lipinski definition) is 1. The Morgan fingerprint density at radius 3 is 2.68 bits per heavy atom. The van der Waals surface area contributed by atoms with Crippen LogP contribution < -0.4 is 10.2 Å². The molecule has 5 heteroatoms. The van der Waals surface area contributed by atoms with Crippen molar-refractivity contribution in [2.24, 2.45) is 18.4 Å². The van der Waals surface area contributed by atoms with Gasteiger partial charge in [0.15, 0.2) is 0 Å². The number of aryl methyl sites for hydroxylation is 1. The molecule has 0 bridgehead atoms. The zero-order chi connectivity index (χ0) is 17.2. The number of carbonyl (C=O) groups is 1. The topological polar surface area (TPSA) is 50.2 Å². The van der Waals surface area contributed by atoms with Crippen LogP contribution in [-0.4, -0.2) is 35.8 Å². The summed E-state index contributed by atoms with van der Waals surface area (Å²) in [6.45, 7) is 2.32. The first-order valence-electron chi connectivity index (χ1n) is 9.52. The molecule has 1 amide bonds. The lowest BCUT2D eigenvalue weighted by Crippen LogP contribution is -2.34. The molecule has 0 unspecified atom stereocenters. The molecule has 1 aromatic carbocycles. The van der Waals surface area contributed by atoms with Crippen LogP contribution in [-0.2, 0) is 11.8 Å². The van der Waals surface area contributed by atoms with Crippen LogP contribution in [0.5, 0.6) is 0 Å². The Morgan fingerprint density at radius 1 is 1.24 bits per heavy atom. The summed E-state index contributed by atoms with van der Waals surface area (Å²) in [6, 6.07) is 4.62. The van der Waals surface area contributed by atoms with Crippen molar-refractivity contribution in [1.29, 1.82) is 0 Å². The standard InChI is InChI=1S/C20H26N4O/c1-21-19(25)16-11-15(16)14-9-13(10-18-17(14)12-22-23(18)2)24-7-5-20(3-4-20)6-8-24/h9-10,12,15-16H,3-8,11H2,1-2H3,(H,21,25)/t15-,16+/m0/s1. The Balaban J connectivity index is 1.50. The van der Waals surface area contributed by atoms with E-state index >= 15 is 0 Å². The predicted octanol–water partition coefficient (Wildman–Crippen LogP) is 2.80. The summed E-state index contributed by atoms with van der Waals surface area (Å²) in [6.07, 6.45) is 8.44. The molecule has 1 spiro atoms. The molecule has 2 aromatic rings. The van der Waals surface area contributed by atoms with Crippen LogP contribution in [0.25, 0.3) is 10.9 Å². The van der Waals surface area contributed by atoms with E-state index in [0.717, 1.165) is 19.5 Å². The molecular weight excluding hydrogens is 312 g/mol. The minimum absolute atomic E-state index is 0.125. The van der Waals surface area contributed by atoms with Gasteiger partial charge in [0.25, 0.3) is 0 Å². The van der Waals surface area contributed by atoms with Gasteiger partial charge in [0, 0.05) is 44.2 Å². The lowest BCUT2D eigenvalue weighted by Gasteiger charge is -2.34. The molecule has 5 rings (SSSR count). The van der Waals surface area contributed by atoms with Crippen LogP contribution >= 0.6 is 0 Å². The lowest BCUT2D eigenvalue weighted by molar-refractivity contribution is -0.121. The SMILES string of the molecule is CNC(=O)[C@@H]1C[C@H]1c1cc(N2CCC3(CC2)CC3)cc2c1cnn2C. The van der Waals surface area contributed by atoms with Gasteiger partial charge in [-0.2, -0.15) is 5.10 Å². The van der Waals surface area contributed by atoms with Crippen molar-refractivity contribution in [3.8, 4) is 0 Å². The molecule has 3 aliphatic rings. The molecule has 1 aromatic heterocycles. The molecule has 2 atom stereocenters. The maximum atomic E-state index is 12.0. The molecule has 2 aliphatic carbocycles. The van der Waals surface area contributed by atoms with Crippen LogP contribution in [0.15, 0.2) is 18.3 Å². The van der Waals surface area contributed by atoms with Gasteiger partial charge >= 0.3 is 0 Å². The van der Waals surface area contributed by atoms with Gasteiger partial charge in [-0.05, 0) is 61.1 Å². The van der Waals surface area contributed by atoms with Crippen molar-refractivity contribution in [3.05, 3.63) is 23.9 Å². The third-order valence-electron chi connectivity index (χ3n) is 6.80. The van der Waals surface area contributed by atoms with E-state index in [9.17, 15) is 4.79 Å². The molecule has 5 nitrogen and oxygen atoms in total. The number of nitrogens with zero attached hydrogens (tertiary/aromatic N) is 3. The number of anilines is 1. The molecule has 0 radical (unpaired) electrons. The van der Waals surface area contributed by atoms with Crippen molar-refractivity contribution in [2.45, 2.75) is 38.0 Å². The van der Waals surface area contributed by atoms with E-state index in [-0.39, 0.29) is 11.8 Å². The highest BCUT2D eigenvalue weighted by molar-refractivity contribution is 5.90. The van der Waals surface area contributed by atoms with Crippen molar-refractivity contribution in [2.75, 3.05) is 25.0 Å². The largest absolute Gasteiger partial charge is 0.371 e. The zero-order valence-electron chi connectivity index (χ0n) is 15.1. The number of rotatable bonds is 3. The number of fused-ring (bicyclic) bond motifs is 1. The van der Waals surface area contributed by atoms with Crippen LogP contribution in [0, 0.1) is 11.3 Å². The number of carbonyl (C=O) groups excluding carboxylic acids is 1. The summed E-state index contributed by atoms with van der Waals surface area (Å²) in [5, 5.41) is 8.48. The lowest BCUT2D eigenvalue weighted by atomic mass is 9.93. The third-order valence-corrected chi connectivity index (χ3v) is 6.80. The maximum absolute atomic E-state index is 12.0. The first-order chi connectivity index (χ1) is 12.1. The van der Waals surface area contributed by atoms with Gasteiger partial charge in [0.05, 0.1) is 11.7 Å². The number of nitrogens with one attached hydrogen (secondary N) is 1. The van der Waals surface area contributed by atoms with E-state index in [1.54, 1.807) is 7.05 Å². The van der Waals surface area contributed by atoms with E-state index < -0.39 is 0 Å². The first-order valence-corrected chi connectivity index (χ1v) is 9.52. The van der Waals surface area contributed by atoms with Crippen LogP contribution in [0.2, 0.25) is 0 Å². The van der Waals surface area contributed by atoms with E-state index in [0.29, 0.717) is 11.3 Å². The van der Waals surface area contributed by atoms with Crippen molar-refractivity contribution in [1.82, 2.24) is 15.1 Å². The number of aromatic nitrogens is 2. The Hall–Kier alpha value is -2.04. The second-order valence-corrected chi connectivity index (χ2v) is 8.29. The molecule has 3 fully saturated rings. The molecule has 1 saturated heterocycles. The minimum atomic E-state index is 0.125. The molecule has 1 N–H and O–H groups in total. The third kappa shape index (κ3) is 2.43. The zero-order valence-corrected chi connectivity index (χ0v) is 15.1. The van der Waals surface area contributed by atoms with Gasteiger partial charge < -0.3 is 10.2 Å². The monoisotopic (exact) mass is 338 g/mol. The van der Waals surface area contributed by atoms with E-state index in [1.165, 1.54) is 47.8 Å². The predicted molar refractivity (Wildman–Crippen MR) is 98.7 cm³/mol. The Labute approximate surface area is 148 Å². The molecule has 25 heavy (non-hydrogen) atoms. The van der Waals surface area contributed by atoms with Gasteiger partial charge in [0.2, 0.25) is 5.91 Å². The summed E-state index contributed by atoms with van der Waals surface area (Å²) in [4.78, 5) is 14.6.